The quantitative estimate of drug-likeness (QED) is 0.220. The predicted octanol–water partition coefficient (Wildman–Crippen LogP) is 2.77. The van der Waals surface area contributed by atoms with Crippen molar-refractivity contribution in [2.75, 3.05) is 19.1 Å². The first kappa shape index (κ1) is 23.4. The van der Waals surface area contributed by atoms with Crippen LogP contribution in [0.1, 0.15) is 71.1 Å². The first-order valence-electron chi connectivity index (χ1n) is 8.58. The maximum absolute atomic E-state index is 11.0. The van der Waals surface area contributed by atoms with E-state index in [0.29, 0.717) is 6.54 Å². The summed E-state index contributed by atoms with van der Waals surface area (Å²) in [6, 6.07) is 0. The van der Waals surface area contributed by atoms with E-state index >= 15 is 0 Å². The number of hydrogen-bond donors (Lipinski definition) is 5. The molecule has 0 aliphatic carbocycles. The number of unbranched alkanes of at least 4 members (excludes halogenated alkanes) is 9. The average Bonchev–Trinajstić information content (AvgIpc) is 2.37. The second-order valence-electron chi connectivity index (χ2n) is 6.31. The molecule has 0 heterocycles. The van der Waals surface area contributed by atoms with Crippen LogP contribution in [0.2, 0.25) is 0 Å². The third-order valence-electron chi connectivity index (χ3n) is 3.65. The minimum absolute atomic E-state index is 0.345. The summed E-state index contributed by atoms with van der Waals surface area (Å²) in [6.07, 6.45) is 10.5. The molecule has 0 rings (SSSR count). The molecule has 7 nitrogen and oxygen atoms in total. The molecule has 0 atom stereocenters. The van der Waals surface area contributed by atoms with Crippen molar-refractivity contribution in [1.82, 2.24) is 4.90 Å². The van der Waals surface area contributed by atoms with E-state index < -0.39 is 28.1 Å². The Kier molecular flexibility index (Phi) is 13.0. The molecule has 5 N–H and O–H groups in total. The van der Waals surface area contributed by atoms with Crippen LogP contribution in [0.5, 0.6) is 0 Å². The second-order valence-corrected chi connectivity index (χ2v) is 9.79. The van der Waals surface area contributed by atoms with Gasteiger partial charge in [-0.15, -0.1) is 0 Å². The third-order valence-corrected chi connectivity index (χ3v) is 5.29. The molecule has 0 saturated carbocycles. The summed E-state index contributed by atoms with van der Waals surface area (Å²) in [7, 11) is -8.61. The molecule has 0 aromatic carbocycles. The van der Waals surface area contributed by atoms with Crippen molar-refractivity contribution in [3.63, 3.8) is 0 Å². The Morgan fingerprint density at radius 2 is 1.26 bits per heavy atom. The van der Waals surface area contributed by atoms with Crippen molar-refractivity contribution in [2.24, 2.45) is 0 Å². The Bertz CT molecular complexity index is 332. The van der Waals surface area contributed by atoms with Gasteiger partial charge in [-0.25, -0.2) is 0 Å². The summed E-state index contributed by atoms with van der Waals surface area (Å²) < 4.78 is 11.0. The van der Waals surface area contributed by atoms with E-state index in [-0.39, 0.29) is 0 Å². The molecule has 0 fully saturated rings. The average molecular weight is 375 g/mol. The Labute approximate surface area is 140 Å². The molecule has 23 heavy (non-hydrogen) atoms. The van der Waals surface area contributed by atoms with Gasteiger partial charge in [0.15, 0.2) is 0 Å². The summed E-state index contributed by atoms with van der Waals surface area (Å²) >= 11 is 0. The molecule has 0 saturated heterocycles. The van der Waals surface area contributed by atoms with E-state index in [0.717, 1.165) is 25.7 Å². The summed E-state index contributed by atoms with van der Waals surface area (Å²) in [5.41, 5.74) is 0. The Hall–Kier alpha value is 0.420. The standard InChI is InChI=1S/C14H35NO6P2/c1-2-3-4-5-6-7-8-9-10-11-12-15(13-22(16,17)18)14-23(19,20)21/h16-18,22H,2-14H2,1H3,(H2,19,20,21). The van der Waals surface area contributed by atoms with Crippen LogP contribution in [0, 0.1) is 0 Å². The van der Waals surface area contributed by atoms with Crippen molar-refractivity contribution in [1.29, 1.82) is 0 Å². The van der Waals surface area contributed by atoms with E-state index in [1.807, 2.05) is 0 Å². The SMILES string of the molecule is CCCCCCCCCCCCN(CP(=O)(O)O)C[PH](O)(O)O. The van der Waals surface area contributed by atoms with Gasteiger partial charge in [0.05, 0.1) is 0 Å². The molecular weight excluding hydrogens is 340 g/mol. The Morgan fingerprint density at radius 1 is 0.826 bits per heavy atom. The molecular formula is C14H35NO6P2. The molecule has 0 bridgehead atoms. The van der Waals surface area contributed by atoms with E-state index in [2.05, 4.69) is 6.92 Å². The summed E-state index contributed by atoms with van der Waals surface area (Å²) in [4.78, 5) is 46.5. The second kappa shape index (κ2) is 12.7. The topological polar surface area (TPSA) is 121 Å². The van der Waals surface area contributed by atoms with E-state index in [1.165, 1.54) is 43.4 Å². The van der Waals surface area contributed by atoms with Crippen LogP contribution in [0.15, 0.2) is 0 Å². The van der Waals surface area contributed by atoms with Gasteiger partial charge in [0, 0.05) is 0 Å². The van der Waals surface area contributed by atoms with Gasteiger partial charge in [0.1, 0.15) is 0 Å². The maximum atomic E-state index is 11.0. The van der Waals surface area contributed by atoms with Crippen LogP contribution < -0.4 is 0 Å². The van der Waals surface area contributed by atoms with Crippen LogP contribution in [-0.2, 0) is 4.57 Å². The minimum atomic E-state index is -4.33. The first-order chi connectivity index (χ1) is 10.6. The summed E-state index contributed by atoms with van der Waals surface area (Å²) in [5, 5.41) is 0. The van der Waals surface area contributed by atoms with E-state index in [4.69, 9.17) is 24.5 Å². The number of rotatable bonds is 15. The third kappa shape index (κ3) is 18.6. The van der Waals surface area contributed by atoms with Gasteiger partial charge in [0.25, 0.3) is 0 Å². The van der Waals surface area contributed by atoms with Gasteiger partial charge in [-0.3, -0.25) is 0 Å². The fourth-order valence-electron chi connectivity index (χ4n) is 2.58. The van der Waals surface area contributed by atoms with E-state index in [1.54, 1.807) is 0 Å². The molecule has 0 aliphatic rings. The summed E-state index contributed by atoms with van der Waals surface area (Å²) in [5.74, 6) is 0. The van der Waals surface area contributed by atoms with Gasteiger partial charge in [-0.1, -0.05) is 13.3 Å². The van der Waals surface area contributed by atoms with Crippen molar-refractivity contribution in [2.45, 2.75) is 71.1 Å². The molecule has 0 aromatic rings. The van der Waals surface area contributed by atoms with Crippen LogP contribution in [0.4, 0.5) is 0 Å². The monoisotopic (exact) mass is 375 g/mol. The normalized spacial score (nSPS) is 13.7. The van der Waals surface area contributed by atoms with Crippen LogP contribution in [0.3, 0.4) is 0 Å². The van der Waals surface area contributed by atoms with Gasteiger partial charge in [-0.05, 0) is 0 Å². The van der Waals surface area contributed by atoms with E-state index in [9.17, 15) is 4.57 Å². The van der Waals surface area contributed by atoms with Gasteiger partial charge >= 0.3 is 126 Å². The number of hydrogen-bond acceptors (Lipinski definition) is 5. The Balaban J connectivity index is 3.76. The molecule has 0 unspecified atom stereocenters. The molecule has 0 amide bonds. The molecule has 142 valence electrons. The zero-order valence-electron chi connectivity index (χ0n) is 14.2. The first-order valence-corrected chi connectivity index (χ1v) is 12.4. The van der Waals surface area contributed by atoms with Crippen LogP contribution >= 0.6 is 15.5 Å². The van der Waals surface area contributed by atoms with Gasteiger partial charge in [-0.2, -0.15) is 0 Å². The summed E-state index contributed by atoms with van der Waals surface area (Å²) in [6.45, 7) is 2.55. The van der Waals surface area contributed by atoms with Crippen molar-refractivity contribution >= 4 is 15.5 Å². The Morgan fingerprint density at radius 3 is 1.65 bits per heavy atom. The van der Waals surface area contributed by atoms with Gasteiger partial charge < -0.3 is 0 Å². The molecule has 0 aromatic heterocycles. The van der Waals surface area contributed by atoms with Crippen LogP contribution in [-0.4, -0.2) is 48.5 Å². The molecule has 0 aliphatic heterocycles. The van der Waals surface area contributed by atoms with Crippen LogP contribution in [0.25, 0.3) is 0 Å². The fraction of sp³-hybridized carbons (Fsp3) is 1.00. The number of nitrogens with zero attached hydrogens (tertiary/aromatic N) is 1. The predicted molar refractivity (Wildman–Crippen MR) is 95.3 cm³/mol. The zero-order valence-corrected chi connectivity index (χ0v) is 16.1. The fourth-order valence-corrected chi connectivity index (χ4v) is 4.40. The van der Waals surface area contributed by atoms with Crippen molar-refractivity contribution < 1.29 is 29.0 Å². The van der Waals surface area contributed by atoms with Crippen molar-refractivity contribution in [3.8, 4) is 0 Å². The molecule has 0 radical (unpaired) electrons. The van der Waals surface area contributed by atoms with Gasteiger partial charge in [0.2, 0.25) is 0 Å². The molecule has 9 heteroatoms. The van der Waals surface area contributed by atoms with Crippen molar-refractivity contribution in [3.05, 3.63) is 0 Å². The zero-order chi connectivity index (χ0) is 17.8. The molecule has 0 spiro atoms.